The van der Waals surface area contributed by atoms with Crippen molar-refractivity contribution in [3.8, 4) is 0 Å². The van der Waals surface area contributed by atoms with Crippen molar-refractivity contribution in [3.05, 3.63) is 20.5 Å². The first-order valence-corrected chi connectivity index (χ1v) is 9.24. The maximum absolute atomic E-state index is 12.0. The van der Waals surface area contributed by atoms with Crippen LogP contribution in [0.5, 0.6) is 0 Å². The van der Waals surface area contributed by atoms with E-state index in [1.54, 1.807) is 11.8 Å². The van der Waals surface area contributed by atoms with Crippen LogP contribution in [0.1, 0.15) is 6.42 Å². The van der Waals surface area contributed by atoms with E-state index in [-0.39, 0.29) is 14.2 Å². The molecule has 106 valence electrons. The van der Waals surface area contributed by atoms with Crippen LogP contribution in [0.2, 0.25) is 4.34 Å². The van der Waals surface area contributed by atoms with E-state index in [4.69, 9.17) is 11.6 Å². The summed E-state index contributed by atoms with van der Waals surface area (Å²) >= 11 is 8.15. The fourth-order valence-corrected chi connectivity index (χ4v) is 5.75. The predicted molar refractivity (Wildman–Crippen MR) is 76.6 cm³/mol. The fourth-order valence-electron chi connectivity index (χ4n) is 1.64. The number of nitrogens with zero attached hydrogens (tertiary/aromatic N) is 1. The van der Waals surface area contributed by atoms with Gasteiger partial charge in [-0.05, 0) is 23.8 Å². The van der Waals surface area contributed by atoms with Gasteiger partial charge in [0.2, 0.25) is 10.0 Å². The van der Waals surface area contributed by atoms with Gasteiger partial charge >= 0.3 is 0 Å². The molecule has 6 nitrogen and oxygen atoms in total. The highest BCUT2D eigenvalue weighted by molar-refractivity contribution is 7.99. The molecule has 0 spiro atoms. The van der Waals surface area contributed by atoms with E-state index < -0.39 is 14.9 Å². The zero-order valence-electron chi connectivity index (χ0n) is 9.67. The Hall–Kier alpha value is -0.350. The highest BCUT2D eigenvalue weighted by atomic mass is 35.5. The van der Waals surface area contributed by atoms with E-state index in [1.807, 2.05) is 0 Å². The SMILES string of the molecule is O=[N+]([O-])c1cc(S(=O)(=O)NCC2CCSC2)sc1Cl. The number of nitro groups is 1. The van der Waals surface area contributed by atoms with Crippen molar-refractivity contribution in [2.24, 2.45) is 5.92 Å². The van der Waals surface area contributed by atoms with Gasteiger partial charge in [-0.3, -0.25) is 10.1 Å². The normalized spacial score (nSPS) is 19.7. The lowest BCUT2D eigenvalue weighted by atomic mass is 10.1. The highest BCUT2D eigenvalue weighted by Gasteiger charge is 2.26. The number of thiophene rings is 1. The highest BCUT2D eigenvalue weighted by Crippen LogP contribution is 2.36. The number of rotatable bonds is 5. The van der Waals surface area contributed by atoms with Gasteiger partial charge in [0.25, 0.3) is 5.69 Å². The molecule has 1 atom stereocenters. The van der Waals surface area contributed by atoms with Gasteiger partial charge in [-0.25, -0.2) is 13.1 Å². The average Bonchev–Trinajstić information content (AvgIpc) is 2.95. The van der Waals surface area contributed by atoms with Crippen LogP contribution in [0.25, 0.3) is 0 Å². The molecule has 1 N–H and O–H groups in total. The van der Waals surface area contributed by atoms with Crippen molar-refractivity contribution in [1.82, 2.24) is 4.72 Å². The lowest BCUT2D eigenvalue weighted by Gasteiger charge is -2.09. The summed E-state index contributed by atoms with van der Waals surface area (Å²) in [7, 11) is -3.71. The monoisotopic (exact) mass is 342 g/mol. The first-order chi connectivity index (χ1) is 8.90. The Morgan fingerprint density at radius 1 is 1.58 bits per heavy atom. The van der Waals surface area contributed by atoms with E-state index in [2.05, 4.69) is 4.72 Å². The molecule has 10 heteroatoms. The fraction of sp³-hybridized carbons (Fsp3) is 0.556. The predicted octanol–water partition coefficient (Wildman–Crippen LogP) is 2.34. The Bertz CT molecular complexity index is 580. The zero-order valence-corrected chi connectivity index (χ0v) is 12.9. The molecule has 1 aliphatic rings. The third kappa shape index (κ3) is 3.60. The molecule has 0 aliphatic carbocycles. The van der Waals surface area contributed by atoms with Gasteiger partial charge in [-0.15, -0.1) is 11.3 Å². The standard InChI is InChI=1S/C9H11ClN2O4S3/c10-9-7(12(13)14)3-8(18-9)19(15,16)11-4-6-1-2-17-5-6/h3,6,11H,1-2,4-5H2. The van der Waals surface area contributed by atoms with Gasteiger partial charge in [-0.2, -0.15) is 11.8 Å². The Morgan fingerprint density at radius 2 is 2.32 bits per heavy atom. The number of halogens is 1. The molecular weight excluding hydrogens is 332 g/mol. The molecule has 1 unspecified atom stereocenters. The number of hydrogen-bond acceptors (Lipinski definition) is 6. The lowest BCUT2D eigenvalue weighted by molar-refractivity contribution is -0.384. The third-order valence-electron chi connectivity index (χ3n) is 2.69. The molecule has 0 radical (unpaired) electrons. The molecule has 0 bridgehead atoms. The van der Waals surface area contributed by atoms with Crippen molar-refractivity contribution in [2.75, 3.05) is 18.1 Å². The van der Waals surface area contributed by atoms with Crippen LogP contribution in [-0.2, 0) is 10.0 Å². The van der Waals surface area contributed by atoms with Crippen LogP contribution in [0.4, 0.5) is 5.69 Å². The topological polar surface area (TPSA) is 89.3 Å². The van der Waals surface area contributed by atoms with Gasteiger partial charge in [0.15, 0.2) is 4.34 Å². The largest absolute Gasteiger partial charge is 0.300 e. The average molecular weight is 343 g/mol. The number of sulfonamides is 1. The van der Waals surface area contributed by atoms with E-state index in [0.29, 0.717) is 23.8 Å². The second-order valence-corrected chi connectivity index (χ2v) is 8.86. The molecule has 0 saturated carbocycles. The summed E-state index contributed by atoms with van der Waals surface area (Å²) in [5.41, 5.74) is -0.372. The number of hydrogen-bond donors (Lipinski definition) is 1. The van der Waals surface area contributed by atoms with Crippen molar-refractivity contribution in [1.29, 1.82) is 0 Å². The van der Waals surface area contributed by atoms with E-state index in [9.17, 15) is 18.5 Å². The Morgan fingerprint density at radius 3 is 2.84 bits per heavy atom. The van der Waals surface area contributed by atoms with Crippen molar-refractivity contribution < 1.29 is 13.3 Å². The van der Waals surface area contributed by atoms with E-state index >= 15 is 0 Å². The first-order valence-electron chi connectivity index (χ1n) is 5.41. The number of nitrogens with one attached hydrogen (secondary N) is 1. The first kappa shape index (κ1) is 15.0. The maximum atomic E-state index is 12.0. The van der Waals surface area contributed by atoms with Crippen LogP contribution in [0, 0.1) is 16.0 Å². The van der Waals surface area contributed by atoms with Crippen LogP contribution in [0.15, 0.2) is 10.3 Å². The molecule has 19 heavy (non-hydrogen) atoms. The van der Waals surface area contributed by atoms with Crippen LogP contribution < -0.4 is 4.72 Å². The van der Waals surface area contributed by atoms with Crippen molar-refractivity contribution >= 4 is 50.4 Å². The zero-order chi connectivity index (χ0) is 14.0. The third-order valence-corrected chi connectivity index (χ3v) is 7.16. The van der Waals surface area contributed by atoms with Crippen LogP contribution in [-0.4, -0.2) is 31.4 Å². The summed E-state index contributed by atoms with van der Waals surface area (Å²) in [6.45, 7) is 0.360. The molecular formula is C9H11ClN2O4S3. The van der Waals surface area contributed by atoms with E-state index in [1.165, 1.54) is 0 Å². The summed E-state index contributed by atoms with van der Waals surface area (Å²) in [5.74, 6) is 2.31. The lowest BCUT2D eigenvalue weighted by Crippen LogP contribution is -2.28. The molecule has 2 rings (SSSR count). The smallest absolute Gasteiger partial charge is 0.258 e. The summed E-state index contributed by atoms with van der Waals surface area (Å²) in [5, 5.41) is 10.6. The summed E-state index contributed by atoms with van der Waals surface area (Å²) in [4.78, 5) is 9.95. The molecule has 0 aromatic carbocycles. The second-order valence-electron chi connectivity index (χ2n) is 4.06. The van der Waals surface area contributed by atoms with E-state index in [0.717, 1.165) is 24.0 Å². The minimum Gasteiger partial charge on any atom is -0.258 e. The van der Waals surface area contributed by atoms with Gasteiger partial charge in [-0.1, -0.05) is 11.6 Å². The molecule has 2 heterocycles. The number of thioether (sulfide) groups is 1. The molecule has 0 amide bonds. The summed E-state index contributed by atoms with van der Waals surface area (Å²) in [6, 6.07) is 0.999. The minimum absolute atomic E-state index is 0.116. The molecule has 1 fully saturated rings. The second kappa shape index (κ2) is 5.96. The molecule has 1 aliphatic heterocycles. The summed E-state index contributed by atoms with van der Waals surface area (Å²) in [6.07, 6.45) is 0.985. The van der Waals surface area contributed by atoms with Gasteiger partial charge in [0.1, 0.15) is 4.21 Å². The van der Waals surface area contributed by atoms with Gasteiger partial charge in [0.05, 0.1) is 4.92 Å². The Balaban J connectivity index is 2.10. The maximum Gasteiger partial charge on any atom is 0.300 e. The van der Waals surface area contributed by atoms with Crippen molar-refractivity contribution in [3.63, 3.8) is 0 Å². The van der Waals surface area contributed by atoms with Crippen LogP contribution in [0.3, 0.4) is 0 Å². The molecule has 1 saturated heterocycles. The van der Waals surface area contributed by atoms with Gasteiger partial charge in [0, 0.05) is 12.6 Å². The Kier molecular flexibility index (Phi) is 4.72. The summed E-state index contributed by atoms with van der Waals surface area (Å²) < 4.78 is 26.2. The quantitative estimate of drug-likeness (QED) is 0.655. The van der Waals surface area contributed by atoms with Crippen LogP contribution >= 0.6 is 34.7 Å². The van der Waals surface area contributed by atoms with Crippen molar-refractivity contribution in [2.45, 2.75) is 10.6 Å². The molecule has 1 aromatic heterocycles. The Labute approximate surface area is 123 Å². The van der Waals surface area contributed by atoms with Gasteiger partial charge < -0.3 is 0 Å². The molecule has 1 aromatic rings. The minimum atomic E-state index is -3.71.